The summed E-state index contributed by atoms with van der Waals surface area (Å²) in [6.07, 6.45) is 2.16. The number of carbonyl (C=O) groups excluding carboxylic acids is 6. The molecule has 0 spiro atoms. The van der Waals surface area contributed by atoms with E-state index in [9.17, 15) is 79.5 Å². The van der Waals surface area contributed by atoms with Crippen LogP contribution in [0.25, 0.3) is 0 Å². The van der Waals surface area contributed by atoms with Crippen molar-refractivity contribution < 1.29 is 108 Å². The first-order chi connectivity index (χ1) is 45.9. The zero-order valence-corrected chi connectivity index (χ0v) is 61.1. The number of ketones is 3. The quantitative estimate of drug-likeness (QED) is 0.00822. The molecule has 0 saturated heterocycles. The number of nitro benzene ring substituents is 1. The predicted octanol–water partition coefficient (Wildman–Crippen LogP) is 11.0. The third-order valence-electron chi connectivity index (χ3n) is 13.1. The van der Waals surface area contributed by atoms with E-state index in [0.29, 0.717) is 42.3 Å². The number of hydrogen-bond donors (Lipinski definition) is 4. The Morgan fingerprint density at radius 2 is 1.52 bits per heavy atom. The number of nitrogens with zero attached hydrogens (tertiary/aromatic N) is 3. The Labute approximate surface area is 597 Å². The third kappa shape index (κ3) is 28.9. The Kier molecular flexibility index (Phi) is 36.6. The molecule has 544 valence electrons. The number of fused-ring (bicyclic) bond motifs is 1. The van der Waals surface area contributed by atoms with Crippen molar-refractivity contribution in [2.75, 3.05) is 73.9 Å². The summed E-state index contributed by atoms with van der Waals surface area (Å²) in [6, 6.07) is 22.4. The first kappa shape index (κ1) is 88.2. The molecule has 4 atom stereocenters. The molecule has 0 aromatic heterocycles. The second-order valence-corrected chi connectivity index (χ2v) is 29.9. The second kappa shape index (κ2) is 41.1. The minimum absolute atomic E-state index is 0.0223. The van der Waals surface area contributed by atoms with E-state index in [1.807, 2.05) is 62.5 Å². The van der Waals surface area contributed by atoms with E-state index in [-0.39, 0.29) is 74.6 Å². The highest BCUT2D eigenvalue weighted by atomic mass is 35.5. The summed E-state index contributed by atoms with van der Waals surface area (Å²) in [5.74, 6) is -6.91. The van der Waals surface area contributed by atoms with Crippen LogP contribution in [0.4, 0.5) is 30.2 Å². The summed E-state index contributed by atoms with van der Waals surface area (Å²) >= 11 is 28.7. The molecule has 0 bridgehead atoms. The van der Waals surface area contributed by atoms with E-state index >= 15 is 0 Å². The molecule has 5 aromatic carbocycles. The van der Waals surface area contributed by atoms with E-state index in [0.717, 1.165) is 78.5 Å². The Balaban J connectivity index is 0.000000427. The average Bonchev–Trinajstić information content (AvgIpc) is 0.806. The van der Waals surface area contributed by atoms with Crippen LogP contribution in [-0.2, 0) is 76.1 Å². The molecule has 5 aromatic rings. The lowest BCUT2D eigenvalue weighted by atomic mass is 9.81. The van der Waals surface area contributed by atoms with Gasteiger partial charge in [0.1, 0.15) is 43.2 Å². The van der Waals surface area contributed by atoms with Gasteiger partial charge in [0.15, 0.2) is 38.1 Å². The highest BCUT2D eigenvalue weighted by molar-refractivity contribution is 7.94. The van der Waals surface area contributed by atoms with Crippen LogP contribution in [0.2, 0.25) is 10.0 Å². The van der Waals surface area contributed by atoms with E-state index < -0.39 is 110 Å². The average molecular weight is 1550 g/mol. The number of halogens is 8. The van der Waals surface area contributed by atoms with Gasteiger partial charge in [-0.05, 0) is 123 Å². The number of aliphatic carboxylic acids is 2. The summed E-state index contributed by atoms with van der Waals surface area (Å²) < 4.78 is 91.7. The number of ether oxygens (including phenoxy) is 4. The lowest BCUT2D eigenvalue weighted by Crippen LogP contribution is -2.47. The lowest BCUT2D eigenvalue weighted by molar-refractivity contribution is -0.385. The topological polar surface area (TPSA) is 370 Å². The number of carbonyl (C=O) groups is 8. The van der Waals surface area contributed by atoms with Crippen LogP contribution in [0.1, 0.15) is 84.4 Å². The van der Waals surface area contributed by atoms with Gasteiger partial charge in [0.25, 0.3) is 11.6 Å². The molecule has 1 aliphatic heterocycles. The fraction of sp³-hybridized carbons (Fsp3) is 0.397. The number of sulfone groups is 1. The van der Waals surface area contributed by atoms with Crippen LogP contribution in [0.5, 0.6) is 17.2 Å². The van der Waals surface area contributed by atoms with Crippen LogP contribution < -0.4 is 29.5 Å². The number of alkyl halides is 6. The molecule has 1 saturated carbocycles. The lowest BCUT2D eigenvalue weighted by Gasteiger charge is -2.35. The number of methoxy groups -OCH3 is 1. The largest absolute Gasteiger partial charge is 0.778 e. The summed E-state index contributed by atoms with van der Waals surface area (Å²) in [5, 5.41) is 29.6. The van der Waals surface area contributed by atoms with Crippen molar-refractivity contribution in [3.05, 3.63) is 145 Å². The number of para-hydroxylation sites is 3. The molecule has 3 unspecified atom stereocenters. The zero-order valence-electron chi connectivity index (χ0n) is 54.8. The molecule has 4 N–H and O–H groups in total. The van der Waals surface area contributed by atoms with Gasteiger partial charge in [-0.1, -0.05) is 83.7 Å². The number of benzene rings is 5. The number of rotatable bonds is 20. The van der Waals surface area contributed by atoms with Crippen molar-refractivity contribution >= 4 is 150 Å². The van der Waals surface area contributed by atoms with E-state index in [2.05, 4.69) is 31.8 Å². The molecule has 2 aliphatic rings. The van der Waals surface area contributed by atoms with Crippen molar-refractivity contribution in [2.24, 2.45) is 5.92 Å². The first-order valence-corrected chi connectivity index (χ1v) is 37.3. The molecule has 1 heterocycles. The normalized spacial score (nSPS) is 14.6. The molecule has 36 heteroatoms. The molecule has 1 aliphatic carbocycles. The Hall–Kier alpha value is -6.93. The Morgan fingerprint density at radius 3 is 2.02 bits per heavy atom. The Bertz CT molecular complexity index is 3830. The van der Waals surface area contributed by atoms with Crippen molar-refractivity contribution in [1.82, 2.24) is 5.32 Å². The van der Waals surface area contributed by atoms with Crippen LogP contribution in [0, 0.1) is 23.0 Å². The molecule has 7 rings (SSSR count). The maximum absolute atomic E-state index is 12.7. The van der Waals surface area contributed by atoms with Crippen LogP contribution >= 0.6 is 65.6 Å². The highest BCUT2D eigenvalue weighted by Gasteiger charge is 2.40. The minimum atomic E-state index is -4.56. The number of carboxylic acids is 2. The van der Waals surface area contributed by atoms with Crippen molar-refractivity contribution in [2.45, 2.75) is 94.4 Å². The summed E-state index contributed by atoms with van der Waals surface area (Å²) in [7, 11) is -5.77. The maximum Gasteiger partial charge on any atom is 0.416 e. The molecule has 99 heavy (non-hydrogen) atoms. The molecular formula is C63H73Cl5F3N4O21PS2. The fourth-order valence-electron chi connectivity index (χ4n) is 8.71. The number of anilines is 2. The van der Waals surface area contributed by atoms with Gasteiger partial charge in [-0.25, -0.2) is 18.0 Å². The molecule has 25 nitrogen and oxygen atoms in total. The molecule has 2 amide bonds. The van der Waals surface area contributed by atoms with Gasteiger partial charge in [-0.2, -0.15) is 13.2 Å². The van der Waals surface area contributed by atoms with Gasteiger partial charge in [-0.3, -0.25) is 44.2 Å². The van der Waals surface area contributed by atoms with E-state index in [1.54, 1.807) is 16.9 Å². The minimum Gasteiger partial charge on any atom is -0.778 e. The SMILES string of the molecule is CC1COc2ccccc2N1C(=O)C(Cl)Cl.CCc1cccc(C)c1N(C(=O)CCl)C(C)COC.CS(=O)(=O)c1ccc(C(=O)C2C(=O)CCCC2=O)c([N+](=O)[O-])c1.C[C@H](OC(=O)c1cc(Oc2ccc(C(F)(F)F)cc2Cl)ccc1Cl)C(=O)O.C[S+](C)C.O=C(O)CNCP(=O)([O-])O. The van der Waals surface area contributed by atoms with E-state index in [1.165, 1.54) is 12.1 Å². The summed E-state index contributed by atoms with van der Waals surface area (Å²) in [6.45, 7) is 9.58. The first-order valence-electron chi connectivity index (χ1n) is 29.0. The summed E-state index contributed by atoms with van der Waals surface area (Å²) in [5.41, 5.74) is 1.65. The van der Waals surface area contributed by atoms with Crippen LogP contribution in [0.15, 0.2) is 102 Å². The monoisotopic (exact) mass is 1550 g/mol. The van der Waals surface area contributed by atoms with Gasteiger partial charge in [-0.15, -0.1) is 11.6 Å². The number of Topliss-reactive ketones (excluding diaryl/α,β-unsaturated/α-hetero) is 3. The number of esters is 1. The Morgan fingerprint density at radius 1 is 0.909 bits per heavy atom. The number of hydrogen-bond acceptors (Lipinski definition) is 19. The standard InChI is InChI=1S/C17H11Cl2F3O5.C15H22ClNO2.C14H13NO7S.C11H11Cl2NO2.C3H8NO5P.C3H9S/c1-8(15(23)24)26-16(25)11-7-10(3-4-12(11)18)27-14-5-2-9(6-13(14)19)17(20,21)22;1-5-13-8-6-7-11(2)15(13)17(14(18)9-16)12(3)10-19-4;1-23(21,22)8-5-6-9(10(7-8)15(19)20)14(18)13-11(16)3-2-4-12(13)17;1-7-6-16-9-5-3-2-4-8(9)14(7)11(15)10(12)13;5-3(6)1-4-2-10(7,8)9;1-4(2)3/h2-8H,1H3,(H,23,24);6-8,12H,5,9-10H2,1-4H3;5-7,13H,2-4H2,1H3;2-5,7,10H,6H2,1H3;4H,1-2H2,(H,5,6)(H2,7,8,9);1-3H3/q;;;;;+1/p-1/t8-;;;;;/m0...../s1. The highest BCUT2D eigenvalue weighted by Crippen LogP contribution is 2.39. The number of aryl methyl sites for hydroxylation is 2. The number of amides is 2. The fourth-order valence-corrected chi connectivity index (χ4v) is 10.5. The molecule has 0 radical (unpaired) electrons. The van der Waals surface area contributed by atoms with Crippen LogP contribution in [0.3, 0.4) is 0 Å². The van der Waals surface area contributed by atoms with Gasteiger partial charge < -0.3 is 53.3 Å². The molecular weight excluding hydrogens is 1480 g/mol. The van der Waals surface area contributed by atoms with Gasteiger partial charge >= 0.3 is 24.1 Å². The van der Waals surface area contributed by atoms with Gasteiger partial charge in [0.2, 0.25) is 5.91 Å². The van der Waals surface area contributed by atoms with Gasteiger partial charge in [0, 0.05) is 32.3 Å². The number of nitro groups is 1. The zero-order chi connectivity index (χ0) is 75.6. The second-order valence-electron chi connectivity index (χ2n) is 21.7. The third-order valence-corrected chi connectivity index (χ3v) is 16.1. The number of nitrogens with one attached hydrogen (secondary N) is 1. The van der Waals surface area contributed by atoms with E-state index in [4.69, 9.17) is 92.1 Å². The van der Waals surface area contributed by atoms with Crippen molar-refractivity contribution in [1.29, 1.82) is 0 Å². The van der Waals surface area contributed by atoms with Crippen molar-refractivity contribution in [3.63, 3.8) is 0 Å². The smallest absolute Gasteiger partial charge is 0.416 e. The van der Waals surface area contributed by atoms with Crippen LogP contribution in [-0.4, -0.2) is 163 Å². The summed E-state index contributed by atoms with van der Waals surface area (Å²) in [4.78, 5) is 123. The maximum atomic E-state index is 12.7. The van der Waals surface area contributed by atoms with Crippen molar-refractivity contribution in [3.8, 4) is 17.2 Å². The van der Waals surface area contributed by atoms with Gasteiger partial charge in [0.05, 0.1) is 98.2 Å². The number of carboxylic acid groups (broad SMARTS) is 2. The predicted molar refractivity (Wildman–Crippen MR) is 368 cm³/mol. The molecule has 1 fully saturated rings.